The summed E-state index contributed by atoms with van der Waals surface area (Å²) in [5.41, 5.74) is 7.21. The van der Waals surface area contributed by atoms with Gasteiger partial charge >= 0.3 is 0 Å². The molecule has 0 fully saturated rings. The van der Waals surface area contributed by atoms with Gasteiger partial charge < -0.3 is 0 Å². The van der Waals surface area contributed by atoms with Crippen molar-refractivity contribution in [2.24, 2.45) is 0 Å². The van der Waals surface area contributed by atoms with Crippen LogP contribution in [-0.2, 0) is 9.59 Å². The van der Waals surface area contributed by atoms with Crippen LogP contribution in [0, 0.1) is 20.8 Å². The van der Waals surface area contributed by atoms with Crippen LogP contribution in [0.3, 0.4) is 0 Å². The first kappa shape index (κ1) is 17.7. The third-order valence-corrected chi connectivity index (χ3v) is 6.06. The number of aryl methyl sites for hydroxylation is 2. The van der Waals surface area contributed by atoms with Gasteiger partial charge in [0.05, 0.1) is 5.69 Å². The lowest BCUT2D eigenvalue weighted by Crippen LogP contribution is -2.41. The molecule has 0 aromatic heterocycles. The molecule has 1 heterocycles. The zero-order valence-corrected chi connectivity index (χ0v) is 16.2. The van der Waals surface area contributed by atoms with Gasteiger partial charge in [0.15, 0.2) is 5.78 Å². The van der Waals surface area contributed by atoms with E-state index in [4.69, 9.17) is 0 Å². The Morgan fingerprint density at radius 1 is 0.889 bits per heavy atom. The SMILES string of the molecule is Cc1ccccc1C1CC(=O)N(c2cccc(C)c2C)C2=C1C(=O)CCC2. The first-order valence-electron chi connectivity index (χ1n) is 9.70. The summed E-state index contributed by atoms with van der Waals surface area (Å²) in [6.45, 7) is 6.17. The van der Waals surface area contributed by atoms with Crippen LogP contribution in [-0.4, -0.2) is 11.7 Å². The molecule has 0 saturated heterocycles. The number of benzene rings is 2. The van der Waals surface area contributed by atoms with Crippen LogP contribution < -0.4 is 4.90 Å². The molecule has 0 N–H and O–H groups in total. The molecular weight excluding hydrogens is 334 g/mol. The molecule has 0 radical (unpaired) electrons. The summed E-state index contributed by atoms with van der Waals surface area (Å²) >= 11 is 0. The van der Waals surface area contributed by atoms with Crippen molar-refractivity contribution in [1.29, 1.82) is 0 Å². The van der Waals surface area contributed by atoms with Crippen LogP contribution in [0.4, 0.5) is 5.69 Å². The van der Waals surface area contributed by atoms with Gasteiger partial charge in [-0.1, -0.05) is 36.4 Å². The maximum absolute atomic E-state index is 13.3. The van der Waals surface area contributed by atoms with E-state index < -0.39 is 0 Å². The molecule has 0 spiro atoms. The van der Waals surface area contributed by atoms with E-state index in [9.17, 15) is 9.59 Å². The van der Waals surface area contributed by atoms with Crippen molar-refractivity contribution < 1.29 is 9.59 Å². The number of nitrogens with zero attached hydrogens (tertiary/aromatic N) is 1. The molecule has 1 atom stereocenters. The van der Waals surface area contributed by atoms with E-state index in [1.807, 2.05) is 29.2 Å². The summed E-state index contributed by atoms with van der Waals surface area (Å²) in [5, 5.41) is 0. The van der Waals surface area contributed by atoms with E-state index in [1.54, 1.807) is 0 Å². The van der Waals surface area contributed by atoms with Crippen molar-refractivity contribution in [2.45, 2.75) is 52.4 Å². The quantitative estimate of drug-likeness (QED) is 0.744. The largest absolute Gasteiger partial charge is 0.294 e. The minimum absolute atomic E-state index is 0.0883. The fraction of sp³-hybridized carbons (Fsp3) is 0.333. The van der Waals surface area contributed by atoms with E-state index in [1.165, 1.54) is 0 Å². The van der Waals surface area contributed by atoms with E-state index in [0.29, 0.717) is 12.8 Å². The molecule has 1 aliphatic carbocycles. The second kappa shape index (κ2) is 6.80. The summed E-state index contributed by atoms with van der Waals surface area (Å²) in [7, 11) is 0. The number of anilines is 1. The zero-order chi connectivity index (χ0) is 19.1. The van der Waals surface area contributed by atoms with Gasteiger partial charge in [-0.15, -0.1) is 0 Å². The van der Waals surface area contributed by atoms with Gasteiger partial charge in [0.2, 0.25) is 5.91 Å². The lowest BCUT2D eigenvalue weighted by atomic mass is 9.76. The highest BCUT2D eigenvalue weighted by atomic mass is 16.2. The number of Topliss-reactive ketones (excluding diaryl/α,β-unsaturated/α-hetero) is 1. The van der Waals surface area contributed by atoms with Crippen molar-refractivity contribution >= 4 is 17.4 Å². The van der Waals surface area contributed by atoms with E-state index in [2.05, 4.69) is 39.0 Å². The molecule has 2 aliphatic rings. The predicted octanol–water partition coefficient (Wildman–Crippen LogP) is 5.14. The Morgan fingerprint density at radius 3 is 2.41 bits per heavy atom. The molecule has 2 aromatic rings. The van der Waals surface area contributed by atoms with Crippen LogP contribution in [0.25, 0.3) is 0 Å². The monoisotopic (exact) mass is 359 g/mol. The molecule has 1 amide bonds. The van der Waals surface area contributed by atoms with Gasteiger partial charge in [-0.3, -0.25) is 14.5 Å². The summed E-state index contributed by atoms with van der Waals surface area (Å²) in [6.07, 6.45) is 2.52. The molecule has 2 aromatic carbocycles. The van der Waals surface area contributed by atoms with Crippen molar-refractivity contribution in [2.75, 3.05) is 4.90 Å². The van der Waals surface area contributed by atoms with Crippen molar-refractivity contribution in [1.82, 2.24) is 0 Å². The molecular formula is C24H25NO2. The molecule has 1 aliphatic heterocycles. The van der Waals surface area contributed by atoms with Crippen molar-refractivity contribution in [3.63, 3.8) is 0 Å². The third-order valence-electron chi connectivity index (χ3n) is 6.06. The Kier molecular flexibility index (Phi) is 4.47. The van der Waals surface area contributed by atoms with Crippen LogP contribution in [0.2, 0.25) is 0 Å². The molecule has 4 rings (SSSR count). The van der Waals surface area contributed by atoms with E-state index in [-0.39, 0.29) is 17.6 Å². The zero-order valence-electron chi connectivity index (χ0n) is 16.2. The number of hydrogen-bond acceptors (Lipinski definition) is 2. The Labute approximate surface area is 160 Å². The molecule has 27 heavy (non-hydrogen) atoms. The topological polar surface area (TPSA) is 37.4 Å². The highest BCUT2D eigenvalue weighted by Crippen LogP contribution is 2.44. The normalized spacial score (nSPS) is 20.1. The van der Waals surface area contributed by atoms with Gasteiger partial charge in [-0.2, -0.15) is 0 Å². The van der Waals surface area contributed by atoms with Crippen LogP contribution >= 0.6 is 0 Å². The number of carbonyl (C=O) groups is 2. The van der Waals surface area contributed by atoms with Crippen molar-refractivity contribution in [3.05, 3.63) is 76.0 Å². The van der Waals surface area contributed by atoms with Gasteiger partial charge in [-0.05, 0) is 61.9 Å². The van der Waals surface area contributed by atoms with Crippen molar-refractivity contribution in [3.8, 4) is 0 Å². The number of amides is 1. The molecule has 0 saturated carbocycles. The van der Waals surface area contributed by atoms with E-state index in [0.717, 1.165) is 52.1 Å². The first-order chi connectivity index (χ1) is 13.0. The number of allylic oxidation sites excluding steroid dienone is 2. The minimum atomic E-state index is -0.122. The average molecular weight is 359 g/mol. The van der Waals surface area contributed by atoms with Gasteiger partial charge in [-0.25, -0.2) is 0 Å². The molecule has 138 valence electrons. The van der Waals surface area contributed by atoms with Gasteiger partial charge in [0.1, 0.15) is 0 Å². The first-order valence-corrected chi connectivity index (χ1v) is 9.70. The molecule has 0 bridgehead atoms. The maximum Gasteiger partial charge on any atom is 0.232 e. The highest BCUT2D eigenvalue weighted by molar-refractivity contribution is 6.07. The Bertz CT molecular complexity index is 970. The summed E-state index contributed by atoms with van der Waals surface area (Å²) < 4.78 is 0. The smallest absolute Gasteiger partial charge is 0.232 e. The number of ketones is 1. The lowest BCUT2D eigenvalue weighted by Gasteiger charge is -2.39. The highest BCUT2D eigenvalue weighted by Gasteiger charge is 2.40. The average Bonchev–Trinajstić information content (AvgIpc) is 2.65. The Morgan fingerprint density at radius 2 is 1.63 bits per heavy atom. The number of rotatable bonds is 2. The lowest BCUT2D eigenvalue weighted by molar-refractivity contribution is -0.119. The summed E-state index contributed by atoms with van der Waals surface area (Å²) in [6, 6.07) is 14.2. The second-order valence-electron chi connectivity index (χ2n) is 7.70. The number of hydrogen-bond donors (Lipinski definition) is 0. The molecule has 3 heteroatoms. The maximum atomic E-state index is 13.3. The van der Waals surface area contributed by atoms with Crippen LogP contribution in [0.15, 0.2) is 53.7 Å². The standard InChI is InChI=1S/C24H25NO2/c1-15-9-6-11-20(17(15)3)25-21-12-7-13-22(26)24(21)19(14-23(25)27)18-10-5-4-8-16(18)2/h4-6,8-11,19H,7,12-14H2,1-3H3. The van der Waals surface area contributed by atoms with Gasteiger partial charge in [0, 0.05) is 30.0 Å². The fourth-order valence-electron chi connectivity index (χ4n) is 4.49. The van der Waals surface area contributed by atoms with Crippen LogP contribution in [0.5, 0.6) is 0 Å². The minimum Gasteiger partial charge on any atom is -0.294 e. The summed E-state index contributed by atoms with van der Waals surface area (Å²) in [4.78, 5) is 28.1. The summed E-state index contributed by atoms with van der Waals surface area (Å²) in [5.74, 6) is 0.167. The second-order valence-corrected chi connectivity index (χ2v) is 7.70. The third kappa shape index (κ3) is 2.91. The molecule has 1 unspecified atom stereocenters. The number of carbonyl (C=O) groups excluding carboxylic acids is 2. The Hall–Kier alpha value is -2.68. The van der Waals surface area contributed by atoms with E-state index >= 15 is 0 Å². The van der Waals surface area contributed by atoms with Gasteiger partial charge in [0.25, 0.3) is 0 Å². The fourth-order valence-corrected chi connectivity index (χ4v) is 4.49. The molecule has 3 nitrogen and oxygen atoms in total. The Balaban J connectivity index is 1.92. The predicted molar refractivity (Wildman–Crippen MR) is 108 cm³/mol. The van der Waals surface area contributed by atoms with Crippen LogP contribution in [0.1, 0.15) is 53.9 Å².